The first-order valence-corrected chi connectivity index (χ1v) is 10.1. The number of nitrogens with zero attached hydrogens (tertiary/aromatic N) is 3. The number of piperidine rings is 1. The van der Waals surface area contributed by atoms with Crippen LogP contribution in [0.15, 0.2) is 4.99 Å². The summed E-state index contributed by atoms with van der Waals surface area (Å²) in [5.41, 5.74) is 0. The minimum Gasteiger partial charge on any atom is -0.450 e. The molecule has 0 spiro atoms. The van der Waals surface area contributed by atoms with E-state index in [2.05, 4.69) is 29.5 Å². The zero-order valence-electron chi connectivity index (χ0n) is 17.6. The summed E-state index contributed by atoms with van der Waals surface area (Å²) in [5, 5.41) is 6.82. The number of amides is 2. The largest absolute Gasteiger partial charge is 0.450 e. The van der Waals surface area contributed by atoms with Crippen molar-refractivity contribution in [2.75, 3.05) is 46.9 Å². The number of hydrogen-bond donors (Lipinski definition) is 2. The molecule has 0 atom stereocenters. The maximum Gasteiger partial charge on any atom is 0.409 e. The summed E-state index contributed by atoms with van der Waals surface area (Å²) in [5.74, 6) is 1.22. The number of nitrogens with one attached hydrogen (secondary N) is 2. The van der Waals surface area contributed by atoms with E-state index in [-0.39, 0.29) is 24.6 Å². The Kier molecular flexibility index (Phi) is 10.6. The van der Waals surface area contributed by atoms with Gasteiger partial charge in [-0.05, 0) is 25.7 Å². The van der Waals surface area contributed by atoms with Crippen LogP contribution in [-0.4, -0.2) is 80.7 Å². The van der Waals surface area contributed by atoms with Crippen molar-refractivity contribution in [2.45, 2.75) is 52.5 Å². The van der Waals surface area contributed by atoms with Crippen molar-refractivity contribution in [2.24, 2.45) is 10.9 Å². The van der Waals surface area contributed by atoms with Crippen LogP contribution >= 0.6 is 0 Å². The van der Waals surface area contributed by atoms with E-state index in [4.69, 9.17) is 4.74 Å². The monoisotopic (exact) mass is 383 g/mol. The van der Waals surface area contributed by atoms with E-state index in [0.29, 0.717) is 31.6 Å². The molecule has 1 saturated heterocycles. The predicted octanol–water partition coefficient (Wildman–Crippen LogP) is 1.67. The van der Waals surface area contributed by atoms with Gasteiger partial charge in [0.15, 0.2) is 5.96 Å². The van der Waals surface area contributed by atoms with Gasteiger partial charge in [0, 0.05) is 39.8 Å². The van der Waals surface area contributed by atoms with Gasteiger partial charge in [0.2, 0.25) is 5.91 Å². The Labute approximate surface area is 163 Å². The third-order valence-electron chi connectivity index (χ3n) is 4.95. The number of carbonyl (C=O) groups is 2. The Morgan fingerprint density at radius 1 is 1.19 bits per heavy atom. The van der Waals surface area contributed by atoms with Gasteiger partial charge in [0.25, 0.3) is 0 Å². The molecule has 8 nitrogen and oxygen atoms in total. The molecule has 0 unspecified atom stereocenters. The van der Waals surface area contributed by atoms with Crippen molar-refractivity contribution in [1.29, 1.82) is 0 Å². The number of carbonyl (C=O) groups excluding carboxylic acids is 2. The number of likely N-dealkylation sites (tertiary alicyclic amines) is 1. The van der Waals surface area contributed by atoms with Gasteiger partial charge in [-0.2, -0.15) is 0 Å². The molecule has 1 rings (SSSR count). The molecule has 1 aliphatic rings. The SMILES string of the molecule is CCOC(=O)N1CCC(NC(=NCC(=O)N(C)C)NCC(CC)CC)CC1. The molecule has 0 aromatic rings. The normalized spacial score (nSPS) is 15.6. The Hall–Kier alpha value is -1.99. The molecule has 1 aliphatic heterocycles. The minimum atomic E-state index is -0.242. The summed E-state index contributed by atoms with van der Waals surface area (Å²) in [4.78, 5) is 31.4. The third-order valence-corrected chi connectivity index (χ3v) is 4.95. The van der Waals surface area contributed by atoms with Crippen LogP contribution < -0.4 is 10.6 Å². The molecule has 0 aliphatic carbocycles. The number of rotatable bonds is 8. The lowest BCUT2D eigenvalue weighted by atomic mass is 10.0. The van der Waals surface area contributed by atoms with Crippen LogP contribution in [0.25, 0.3) is 0 Å². The Morgan fingerprint density at radius 3 is 2.33 bits per heavy atom. The molecule has 27 heavy (non-hydrogen) atoms. The standard InChI is InChI=1S/C19H37N5O3/c1-6-15(7-2)13-20-18(21-14-17(25)23(4)5)22-16-9-11-24(12-10-16)19(26)27-8-3/h15-16H,6-14H2,1-5H3,(H2,20,21,22). The summed E-state index contributed by atoms with van der Waals surface area (Å²) in [6.07, 6.45) is 3.61. The molecule has 156 valence electrons. The van der Waals surface area contributed by atoms with Crippen molar-refractivity contribution in [3.63, 3.8) is 0 Å². The Balaban J connectivity index is 2.61. The van der Waals surface area contributed by atoms with E-state index in [0.717, 1.165) is 32.2 Å². The highest BCUT2D eigenvalue weighted by molar-refractivity contribution is 5.85. The second-order valence-electron chi connectivity index (χ2n) is 7.12. The molecular formula is C19H37N5O3. The fourth-order valence-electron chi connectivity index (χ4n) is 2.87. The zero-order chi connectivity index (χ0) is 20.2. The van der Waals surface area contributed by atoms with E-state index >= 15 is 0 Å². The van der Waals surface area contributed by atoms with Gasteiger partial charge in [-0.3, -0.25) is 4.79 Å². The van der Waals surface area contributed by atoms with Gasteiger partial charge in [-0.1, -0.05) is 26.7 Å². The quantitative estimate of drug-likeness (QED) is 0.492. The minimum absolute atomic E-state index is 0.0317. The summed E-state index contributed by atoms with van der Waals surface area (Å²) in [6, 6.07) is 0.220. The Bertz CT molecular complexity index is 484. The molecule has 8 heteroatoms. The number of hydrogen-bond acceptors (Lipinski definition) is 4. The maximum absolute atomic E-state index is 11.9. The summed E-state index contributed by atoms with van der Waals surface area (Å²) < 4.78 is 5.06. The molecule has 0 aromatic heterocycles. The van der Waals surface area contributed by atoms with Gasteiger partial charge in [0.05, 0.1) is 6.61 Å². The van der Waals surface area contributed by atoms with Crippen molar-refractivity contribution in [3.05, 3.63) is 0 Å². The maximum atomic E-state index is 11.9. The average Bonchev–Trinajstić information content (AvgIpc) is 2.66. The molecular weight excluding hydrogens is 346 g/mol. The van der Waals surface area contributed by atoms with Gasteiger partial charge < -0.3 is 25.2 Å². The average molecular weight is 384 g/mol. The van der Waals surface area contributed by atoms with E-state index in [9.17, 15) is 9.59 Å². The Morgan fingerprint density at radius 2 is 1.81 bits per heavy atom. The highest BCUT2D eigenvalue weighted by Crippen LogP contribution is 2.12. The lowest BCUT2D eigenvalue weighted by Crippen LogP contribution is -2.50. The molecule has 0 bridgehead atoms. The van der Waals surface area contributed by atoms with Crippen LogP contribution in [0.1, 0.15) is 46.5 Å². The molecule has 0 saturated carbocycles. The molecule has 1 fully saturated rings. The fourth-order valence-corrected chi connectivity index (χ4v) is 2.87. The fraction of sp³-hybridized carbons (Fsp3) is 0.842. The second-order valence-corrected chi connectivity index (χ2v) is 7.12. The van der Waals surface area contributed by atoms with E-state index in [1.807, 2.05) is 6.92 Å². The second kappa shape index (κ2) is 12.4. The van der Waals surface area contributed by atoms with Crippen LogP contribution in [0, 0.1) is 5.92 Å². The molecule has 2 amide bonds. The highest BCUT2D eigenvalue weighted by atomic mass is 16.6. The first-order chi connectivity index (χ1) is 12.9. The smallest absolute Gasteiger partial charge is 0.409 e. The van der Waals surface area contributed by atoms with E-state index in [1.165, 1.54) is 0 Å². The van der Waals surface area contributed by atoms with Crippen LogP contribution in [0.3, 0.4) is 0 Å². The first kappa shape index (κ1) is 23.0. The lowest BCUT2D eigenvalue weighted by Gasteiger charge is -2.32. The number of ether oxygens (including phenoxy) is 1. The van der Waals surface area contributed by atoms with Crippen molar-refractivity contribution in [3.8, 4) is 0 Å². The summed E-state index contributed by atoms with van der Waals surface area (Å²) >= 11 is 0. The van der Waals surface area contributed by atoms with Gasteiger partial charge >= 0.3 is 6.09 Å². The van der Waals surface area contributed by atoms with Crippen molar-refractivity contribution in [1.82, 2.24) is 20.4 Å². The summed E-state index contributed by atoms with van der Waals surface area (Å²) in [7, 11) is 3.46. The molecule has 2 N–H and O–H groups in total. The van der Waals surface area contributed by atoms with Gasteiger partial charge in [-0.15, -0.1) is 0 Å². The summed E-state index contributed by atoms with van der Waals surface area (Å²) in [6.45, 7) is 8.84. The van der Waals surface area contributed by atoms with E-state index < -0.39 is 0 Å². The number of aliphatic imine (C=N–C) groups is 1. The topological polar surface area (TPSA) is 86.3 Å². The third kappa shape index (κ3) is 8.49. The van der Waals surface area contributed by atoms with Crippen LogP contribution in [0.5, 0.6) is 0 Å². The van der Waals surface area contributed by atoms with E-state index in [1.54, 1.807) is 23.9 Å². The van der Waals surface area contributed by atoms with Crippen molar-refractivity contribution < 1.29 is 14.3 Å². The van der Waals surface area contributed by atoms with Gasteiger partial charge in [0.1, 0.15) is 6.54 Å². The lowest BCUT2D eigenvalue weighted by molar-refractivity contribution is -0.127. The number of likely N-dealkylation sites (N-methyl/N-ethyl adjacent to an activating group) is 1. The zero-order valence-corrected chi connectivity index (χ0v) is 17.6. The molecule has 0 aromatic carbocycles. The molecule has 0 radical (unpaired) electrons. The highest BCUT2D eigenvalue weighted by Gasteiger charge is 2.24. The van der Waals surface area contributed by atoms with Gasteiger partial charge in [-0.25, -0.2) is 9.79 Å². The predicted molar refractivity (Wildman–Crippen MR) is 108 cm³/mol. The van der Waals surface area contributed by atoms with Crippen LogP contribution in [-0.2, 0) is 9.53 Å². The molecule has 1 heterocycles. The first-order valence-electron chi connectivity index (χ1n) is 10.1. The number of guanidine groups is 1. The van der Waals surface area contributed by atoms with Crippen LogP contribution in [0.4, 0.5) is 4.79 Å². The van der Waals surface area contributed by atoms with Crippen molar-refractivity contribution >= 4 is 18.0 Å². The van der Waals surface area contributed by atoms with Crippen LogP contribution in [0.2, 0.25) is 0 Å².